The summed E-state index contributed by atoms with van der Waals surface area (Å²) in [5.41, 5.74) is 14.5. The molecule has 2 aromatic carbocycles. The third kappa shape index (κ3) is 5.24. The van der Waals surface area contributed by atoms with Crippen molar-refractivity contribution in [3.63, 3.8) is 0 Å². The third-order valence-corrected chi connectivity index (χ3v) is 4.63. The molecule has 0 aliphatic rings. The summed E-state index contributed by atoms with van der Waals surface area (Å²) in [5.74, 6) is 0.432. The molecule has 0 aliphatic heterocycles. The maximum Gasteiger partial charge on any atom is 0.332 e. The molecule has 1 aromatic heterocycles. The van der Waals surface area contributed by atoms with Gasteiger partial charge in [0.1, 0.15) is 5.82 Å². The van der Waals surface area contributed by atoms with Gasteiger partial charge in [-0.05, 0) is 34.9 Å². The maximum atomic E-state index is 12.9. The highest BCUT2D eigenvalue weighted by molar-refractivity contribution is 7.86. The second-order valence-electron chi connectivity index (χ2n) is 5.92. The molecule has 0 aliphatic carbocycles. The van der Waals surface area contributed by atoms with E-state index in [4.69, 9.17) is 11.5 Å². The van der Waals surface area contributed by atoms with Crippen molar-refractivity contribution in [3.8, 4) is 0 Å². The highest BCUT2D eigenvalue weighted by atomic mass is 32.3. The van der Waals surface area contributed by atoms with E-state index in [2.05, 4.69) is 9.97 Å². The van der Waals surface area contributed by atoms with Crippen LogP contribution in [0.15, 0.2) is 59.5 Å². The first kappa shape index (κ1) is 19.2. The summed E-state index contributed by atoms with van der Waals surface area (Å²) in [4.78, 5) is 7.54. The van der Waals surface area contributed by atoms with Gasteiger partial charge >= 0.3 is 10.2 Å². The van der Waals surface area contributed by atoms with Crippen LogP contribution in [0.3, 0.4) is 0 Å². The Labute approximate surface area is 162 Å². The van der Waals surface area contributed by atoms with Gasteiger partial charge in [-0.3, -0.25) is 0 Å². The van der Waals surface area contributed by atoms with Crippen molar-refractivity contribution in [2.24, 2.45) is 0 Å². The standard InChI is InChI=1S/C20H17FN4O2S/c21-28(26,27)18-11-8-16(9-12-18)6-3-14-1-4-15(5-2-14)7-10-17-13-19(22)25-20(23)24-17/h1-13H,(H4,22,23,24,25)/b6-3+,10-7+. The number of nitrogen functional groups attached to an aromatic ring is 2. The van der Waals surface area contributed by atoms with Gasteiger partial charge in [-0.2, -0.15) is 13.4 Å². The predicted octanol–water partition coefficient (Wildman–Crippen LogP) is 3.64. The molecule has 0 bridgehead atoms. The van der Waals surface area contributed by atoms with Crippen molar-refractivity contribution in [2.45, 2.75) is 4.90 Å². The molecule has 0 spiro atoms. The zero-order chi connectivity index (χ0) is 20.1. The van der Waals surface area contributed by atoms with Gasteiger partial charge < -0.3 is 11.5 Å². The first-order valence-corrected chi connectivity index (χ1v) is 9.59. The van der Waals surface area contributed by atoms with Gasteiger partial charge in [-0.1, -0.05) is 54.6 Å². The van der Waals surface area contributed by atoms with Gasteiger partial charge in [-0.15, -0.1) is 3.89 Å². The number of anilines is 2. The van der Waals surface area contributed by atoms with Gasteiger partial charge in [0, 0.05) is 6.07 Å². The first-order valence-electron chi connectivity index (χ1n) is 8.20. The smallest absolute Gasteiger partial charge is 0.332 e. The van der Waals surface area contributed by atoms with Crippen LogP contribution >= 0.6 is 0 Å². The number of halogens is 1. The Morgan fingerprint density at radius 3 is 1.68 bits per heavy atom. The molecule has 0 amide bonds. The average molecular weight is 396 g/mol. The Balaban J connectivity index is 1.68. The number of benzene rings is 2. The van der Waals surface area contributed by atoms with E-state index in [9.17, 15) is 12.3 Å². The fourth-order valence-corrected chi connectivity index (χ4v) is 2.89. The monoisotopic (exact) mass is 396 g/mol. The number of nitrogens with two attached hydrogens (primary N) is 2. The lowest BCUT2D eigenvalue weighted by Crippen LogP contribution is -2.00. The third-order valence-electron chi connectivity index (χ3n) is 3.80. The second kappa shape index (κ2) is 8.01. The Hall–Kier alpha value is -3.52. The number of hydrogen-bond donors (Lipinski definition) is 2. The summed E-state index contributed by atoms with van der Waals surface area (Å²) in [7, 11) is -4.67. The van der Waals surface area contributed by atoms with E-state index >= 15 is 0 Å². The highest BCUT2D eigenvalue weighted by Crippen LogP contribution is 2.16. The summed E-state index contributed by atoms with van der Waals surface area (Å²) >= 11 is 0. The largest absolute Gasteiger partial charge is 0.384 e. The van der Waals surface area contributed by atoms with E-state index in [-0.39, 0.29) is 10.8 Å². The predicted molar refractivity (Wildman–Crippen MR) is 110 cm³/mol. The topological polar surface area (TPSA) is 112 Å². The molecule has 0 saturated carbocycles. The Morgan fingerprint density at radius 2 is 1.21 bits per heavy atom. The lowest BCUT2D eigenvalue weighted by Gasteiger charge is -1.99. The van der Waals surface area contributed by atoms with E-state index in [0.29, 0.717) is 11.5 Å². The van der Waals surface area contributed by atoms with Crippen LogP contribution in [0, 0.1) is 0 Å². The van der Waals surface area contributed by atoms with Crippen LogP contribution in [0.4, 0.5) is 15.7 Å². The molecule has 0 unspecified atom stereocenters. The molecule has 6 nitrogen and oxygen atoms in total. The van der Waals surface area contributed by atoms with Crippen LogP contribution in [-0.4, -0.2) is 18.4 Å². The van der Waals surface area contributed by atoms with Gasteiger partial charge in [-0.25, -0.2) is 4.98 Å². The summed E-state index contributed by atoms with van der Waals surface area (Å²) in [5, 5.41) is 0. The van der Waals surface area contributed by atoms with E-state index in [1.165, 1.54) is 12.1 Å². The number of nitrogens with zero attached hydrogens (tertiary/aromatic N) is 2. The first-order chi connectivity index (χ1) is 13.3. The summed E-state index contributed by atoms with van der Waals surface area (Å²) < 4.78 is 34.5. The quantitative estimate of drug-likeness (QED) is 0.503. The van der Waals surface area contributed by atoms with Gasteiger partial charge in [0.15, 0.2) is 0 Å². The molecule has 28 heavy (non-hydrogen) atoms. The molecule has 0 atom stereocenters. The average Bonchev–Trinajstić information content (AvgIpc) is 2.64. The normalized spacial score (nSPS) is 12.0. The molecule has 3 rings (SSSR count). The minimum Gasteiger partial charge on any atom is -0.384 e. The highest BCUT2D eigenvalue weighted by Gasteiger charge is 2.10. The molecule has 8 heteroatoms. The molecule has 3 aromatic rings. The summed E-state index contributed by atoms with van der Waals surface area (Å²) in [6.45, 7) is 0. The lowest BCUT2D eigenvalue weighted by molar-refractivity contribution is 0.552. The maximum absolute atomic E-state index is 12.9. The molecule has 4 N–H and O–H groups in total. The molecule has 0 radical (unpaired) electrons. The molecule has 0 fully saturated rings. The molecular formula is C20H17FN4O2S. The second-order valence-corrected chi connectivity index (χ2v) is 7.26. The van der Waals surface area contributed by atoms with Crippen molar-refractivity contribution >= 4 is 46.3 Å². The van der Waals surface area contributed by atoms with Crippen LogP contribution in [0.5, 0.6) is 0 Å². The summed E-state index contributed by atoms with van der Waals surface area (Å²) in [6, 6.07) is 14.9. The molecule has 0 saturated heterocycles. The van der Waals surface area contributed by atoms with Crippen molar-refractivity contribution in [2.75, 3.05) is 11.5 Å². The van der Waals surface area contributed by atoms with Crippen LogP contribution in [0.2, 0.25) is 0 Å². The van der Waals surface area contributed by atoms with Crippen molar-refractivity contribution in [1.29, 1.82) is 0 Å². The number of hydrogen-bond acceptors (Lipinski definition) is 6. The van der Waals surface area contributed by atoms with Crippen LogP contribution in [0.25, 0.3) is 24.3 Å². The van der Waals surface area contributed by atoms with Crippen molar-refractivity contribution in [3.05, 3.63) is 77.0 Å². The SMILES string of the molecule is Nc1cc(/C=C/c2ccc(/C=C/c3ccc(S(=O)(=O)F)cc3)cc2)nc(N)n1. The Bertz CT molecular complexity index is 1120. The number of rotatable bonds is 5. The van der Waals surface area contributed by atoms with E-state index in [1.807, 2.05) is 42.5 Å². The minimum atomic E-state index is -4.67. The van der Waals surface area contributed by atoms with Gasteiger partial charge in [0.25, 0.3) is 0 Å². The van der Waals surface area contributed by atoms with E-state index in [0.717, 1.165) is 16.7 Å². The van der Waals surface area contributed by atoms with Crippen molar-refractivity contribution in [1.82, 2.24) is 9.97 Å². The molecular weight excluding hydrogens is 379 g/mol. The van der Waals surface area contributed by atoms with Gasteiger partial charge in [0.05, 0.1) is 10.6 Å². The van der Waals surface area contributed by atoms with Crippen LogP contribution in [0.1, 0.15) is 22.4 Å². The van der Waals surface area contributed by atoms with Crippen LogP contribution in [-0.2, 0) is 10.2 Å². The fourth-order valence-electron chi connectivity index (χ4n) is 2.42. The summed E-state index contributed by atoms with van der Waals surface area (Å²) in [6.07, 6.45) is 7.36. The molecule has 142 valence electrons. The fraction of sp³-hybridized carbons (Fsp3) is 0. The Morgan fingerprint density at radius 1 is 0.750 bits per heavy atom. The zero-order valence-corrected chi connectivity index (χ0v) is 15.5. The zero-order valence-electron chi connectivity index (χ0n) is 14.7. The lowest BCUT2D eigenvalue weighted by atomic mass is 10.1. The van der Waals surface area contributed by atoms with Gasteiger partial charge in [0.2, 0.25) is 5.95 Å². The van der Waals surface area contributed by atoms with Crippen LogP contribution < -0.4 is 11.5 Å². The molecule has 1 heterocycles. The number of aromatic nitrogens is 2. The van der Waals surface area contributed by atoms with Crippen molar-refractivity contribution < 1.29 is 12.3 Å². The Kier molecular flexibility index (Phi) is 5.51. The minimum absolute atomic E-state index is 0.122. The van der Waals surface area contributed by atoms with E-state index < -0.39 is 10.2 Å². The van der Waals surface area contributed by atoms with E-state index in [1.54, 1.807) is 24.3 Å².